The highest BCUT2D eigenvalue weighted by atomic mass is 16.1. The molecule has 5 heteroatoms. The molecule has 0 atom stereocenters. The SMILES string of the molecule is C=CNC(/N=C\C)=C(\N)C(N)=O. The fourth-order valence-electron chi connectivity index (χ4n) is 0.527. The third kappa shape index (κ3) is 2.87. The van der Waals surface area contributed by atoms with E-state index in [-0.39, 0.29) is 11.5 Å². The molecule has 0 radical (unpaired) electrons. The first kappa shape index (κ1) is 10.2. The Morgan fingerprint density at radius 3 is 2.50 bits per heavy atom. The van der Waals surface area contributed by atoms with E-state index in [2.05, 4.69) is 16.9 Å². The van der Waals surface area contributed by atoms with Crippen molar-refractivity contribution in [1.29, 1.82) is 0 Å². The molecule has 0 unspecified atom stereocenters. The van der Waals surface area contributed by atoms with Crippen LogP contribution in [0.4, 0.5) is 0 Å². The van der Waals surface area contributed by atoms with Crippen LogP contribution in [0.3, 0.4) is 0 Å². The topological polar surface area (TPSA) is 93.5 Å². The van der Waals surface area contributed by atoms with Gasteiger partial charge in [-0.15, -0.1) is 0 Å². The van der Waals surface area contributed by atoms with Crippen LogP contribution in [-0.2, 0) is 4.79 Å². The van der Waals surface area contributed by atoms with E-state index in [0.717, 1.165) is 0 Å². The van der Waals surface area contributed by atoms with Crippen LogP contribution in [0.1, 0.15) is 6.92 Å². The van der Waals surface area contributed by atoms with Gasteiger partial charge in [0.25, 0.3) is 5.91 Å². The van der Waals surface area contributed by atoms with Gasteiger partial charge in [-0.05, 0) is 13.1 Å². The molecule has 0 spiro atoms. The highest BCUT2D eigenvalue weighted by molar-refractivity contribution is 5.91. The molecule has 0 aromatic carbocycles. The fourth-order valence-corrected chi connectivity index (χ4v) is 0.527. The zero-order valence-corrected chi connectivity index (χ0v) is 6.87. The molecule has 5 nitrogen and oxygen atoms in total. The molecule has 0 aromatic heterocycles. The molecule has 12 heavy (non-hydrogen) atoms. The minimum Gasteiger partial charge on any atom is -0.391 e. The lowest BCUT2D eigenvalue weighted by Gasteiger charge is -2.02. The molecule has 0 bridgehead atoms. The van der Waals surface area contributed by atoms with Crippen molar-refractivity contribution in [1.82, 2.24) is 5.32 Å². The van der Waals surface area contributed by atoms with Crippen molar-refractivity contribution in [2.75, 3.05) is 0 Å². The van der Waals surface area contributed by atoms with Crippen LogP contribution in [0.15, 0.2) is 29.3 Å². The van der Waals surface area contributed by atoms with E-state index in [9.17, 15) is 4.79 Å². The van der Waals surface area contributed by atoms with Crippen LogP contribution < -0.4 is 16.8 Å². The maximum absolute atomic E-state index is 10.6. The Morgan fingerprint density at radius 1 is 1.58 bits per heavy atom. The molecular formula is C7H12N4O. The third-order valence-electron chi connectivity index (χ3n) is 1.02. The average molecular weight is 168 g/mol. The van der Waals surface area contributed by atoms with Gasteiger partial charge in [-0.25, -0.2) is 4.99 Å². The number of nitrogens with one attached hydrogen (secondary N) is 1. The van der Waals surface area contributed by atoms with E-state index in [1.54, 1.807) is 6.92 Å². The van der Waals surface area contributed by atoms with Crippen molar-refractivity contribution in [2.24, 2.45) is 16.5 Å². The van der Waals surface area contributed by atoms with E-state index in [1.807, 2.05) is 0 Å². The summed E-state index contributed by atoms with van der Waals surface area (Å²) in [6, 6.07) is 0. The Labute approximate surface area is 70.8 Å². The summed E-state index contributed by atoms with van der Waals surface area (Å²) in [5, 5.41) is 2.58. The van der Waals surface area contributed by atoms with Crippen LogP contribution in [0.5, 0.6) is 0 Å². The summed E-state index contributed by atoms with van der Waals surface area (Å²) >= 11 is 0. The van der Waals surface area contributed by atoms with Gasteiger partial charge < -0.3 is 16.8 Å². The second kappa shape index (κ2) is 4.95. The molecule has 0 aliphatic carbocycles. The number of amides is 1. The summed E-state index contributed by atoms with van der Waals surface area (Å²) < 4.78 is 0. The Morgan fingerprint density at radius 2 is 2.17 bits per heavy atom. The lowest BCUT2D eigenvalue weighted by atomic mass is 10.4. The molecular weight excluding hydrogens is 156 g/mol. The molecule has 0 saturated carbocycles. The second-order valence-corrected chi connectivity index (χ2v) is 1.86. The first-order valence-electron chi connectivity index (χ1n) is 3.29. The summed E-state index contributed by atoms with van der Waals surface area (Å²) in [5.74, 6) is -0.509. The van der Waals surface area contributed by atoms with Crippen LogP contribution in [0, 0.1) is 0 Å². The number of aliphatic imine (C=N–C) groups is 1. The number of hydrogen-bond acceptors (Lipinski definition) is 4. The molecule has 0 heterocycles. The number of carbonyl (C=O) groups is 1. The first-order valence-corrected chi connectivity index (χ1v) is 3.29. The van der Waals surface area contributed by atoms with Crippen molar-refractivity contribution in [3.63, 3.8) is 0 Å². The molecule has 66 valence electrons. The van der Waals surface area contributed by atoms with E-state index >= 15 is 0 Å². The predicted molar refractivity (Wildman–Crippen MR) is 47.9 cm³/mol. The number of hydrogen-bond donors (Lipinski definition) is 3. The van der Waals surface area contributed by atoms with Crippen molar-refractivity contribution in [2.45, 2.75) is 6.92 Å². The van der Waals surface area contributed by atoms with Crippen LogP contribution in [-0.4, -0.2) is 12.1 Å². The Hall–Kier alpha value is -1.78. The average Bonchev–Trinajstić information content (AvgIpc) is 2.03. The Balaban J connectivity index is 4.78. The number of nitrogens with two attached hydrogens (primary N) is 2. The molecule has 0 rings (SSSR count). The molecule has 0 aromatic rings. The van der Waals surface area contributed by atoms with Gasteiger partial charge in [0, 0.05) is 6.21 Å². The van der Waals surface area contributed by atoms with Crippen LogP contribution >= 0.6 is 0 Å². The molecule has 0 saturated heterocycles. The molecule has 5 N–H and O–H groups in total. The normalized spacial score (nSPS) is 12.4. The zero-order valence-electron chi connectivity index (χ0n) is 6.87. The van der Waals surface area contributed by atoms with Crippen LogP contribution in [0.2, 0.25) is 0 Å². The molecule has 1 amide bonds. The van der Waals surface area contributed by atoms with Gasteiger partial charge >= 0.3 is 0 Å². The van der Waals surface area contributed by atoms with Crippen molar-refractivity contribution < 1.29 is 4.79 Å². The largest absolute Gasteiger partial charge is 0.391 e. The van der Waals surface area contributed by atoms with Gasteiger partial charge in [-0.3, -0.25) is 4.79 Å². The second-order valence-electron chi connectivity index (χ2n) is 1.86. The van der Waals surface area contributed by atoms with E-state index in [1.165, 1.54) is 12.4 Å². The van der Waals surface area contributed by atoms with Gasteiger partial charge in [0.05, 0.1) is 0 Å². The lowest BCUT2D eigenvalue weighted by Crippen LogP contribution is -2.25. The standard InChI is InChI=1S/C7H12N4O/c1-3-10-7(11-4-2)5(8)6(9)12/h3-4,10H,1,8H2,2H3,(H2,9,12)/b7-5+,11-4-. The van der Waals surface area contributed by atoms with E-state index in [4.69, 9.17) is 11.5 Å². The van der Waals surface area contributed by atoms with Gasteiger partial charge in [-0.1, -0.05) is 6.58 Å². The Kier molecular flexibility index (Phi) is 4.21. The maximum atomic E-state index is 10.6. The summed E-state index contributed by atoms with van der Waals surface area (Å²) in [6.45, 7) is 5.09. The van der Waals surface area contributed by atoms with Crippen molar-refractivity contribution in [3.05, 3.63) is 24.3 Å². The minimum absolute atomic E-state index is 0.118. The highest BCUT2D eigenvalue weighted by Crippen LogP contribution is 1.95. The van der Waals surface area contributed by atoms with Gasteiger partial charge in [0.2, 0.25) is 0 Å². The third-order valence-corrected chi connectivity index (χ3v) is 1.02. The molecule has 0 aliphatic rings. The smallest absolute Gasteiger partial charge is 0.268 e. The predicted octanol–water partition coefficient (Wildman–Crippen LogP) is -0.577. The lowest BCUT2D eigenvalue weighted by molar-refractivity contribution is -0.114. The number of primary amides is 1. The Bertz CT molecular complexity index is 242. The number of nitrogens with zero attached hydrogens (tertiary/aromatic N) is 1. The summed E-state index contributed by atoms with van der Waals surface area (Å²) in [6.07, 6.45) is 2.85. The van der Waals surface area contributed by atoms with Crippen LogP contribution in [0.25, 0.3) is 0 Å². The molecule has 0 aliphatic heterocycles. The van der Waals surface area contributed by atoms with Gasteiger partial charge in [0.1, 0.15) is 5.70 Å². The number of rotatable bonds is 4. The van der Waals surface area contributed by atoms with E-state index < -0.39 is 5.91 Å². The molecule has 0 fully saturated rings. The quantitative estimate of drug-likeness (QED) is 0.387. The maximum Gasteiger partial charge on any atom is 0.268 e. The fraction of sp³-hybridized carbons (Fsp3) is 0.143. The van der Waals surface area contributed by atoms with Gasteiger partial charge in [-0.2, -0.15) is 0 Å². The summed E-state index contributed by atoms with van der Waals surface area (Å²) in [4.78, 5) is 14.4. The van der Waals surface area contributed by atoms with E-state index in [0.29, 0.717) is 0 Å². The minimum atomic E-state index is -0.718. The zero-order chi connectivity index (χ0) is 9.56. The first-order chi connectivity index (χ1) is 5.63. The van der Waals surface area contributed by atoms with Crippen molar-refractivity contribution >= 4 is 12.1 Å². The summed E-state index contributed by atoms with van der Waals surface area (Å²) in [7, 11) is 0. The van der Waals surface area contributed by atoms with Crippen molar-refractivity contribution in [3.8, 4) is 0 Å². The number of carbonyl (C=O) groups excluding carboxylic acids is 1. The highest BCUT2D eigenvalue weighted by Gasteiger charge is 2.04. The monoisotopic (exact) mass is 168 g/mol. The summed E-state index contributed by atoms with van der Waals surface area (Å²) in [5.41, 5.74) is 10.1. The van der Waals surface area contributed by atoms with Gasteiger partial charge in [0.15, 0.2) is 5.82 Å².